The number of aliphatic carboxylic acids is 1. The van der Waals surface area contributed by atoms with E-state index in [0.717, 1.165) is 19.3 Å². The number of amides is 1. The van der Waals surface area contributed by atoms with Crippen LogP contribution in [0.25, 0.3) is 0 Å². The van der Waals surface area contributed by atoms with E-state index in [1.165, 1.54) is 6.92 Å². The Hall–Kier alpha value is -1.43. The van der Waals surface area contributed by atoms with E-state index in [0.29, 0.717) is 6.42 Å². The first-order valence-electron chi connectivity index (χ1n) is 6.60. The molecule has 0 saturated heterocycles. The van der Waals surface area contributed by atoms with Crippen molar-refractivity contribution in [3.63, 3.8) is 0 Å². The van der Waals surface area contributed by atoms with Crippen molar-refractivity contribution in [1.29, 1.82) is 0 Å². The van der Waals surface area contributed by atoms with Crippen LogP contribution in [-0.4, -0.2) is 40.5 Å². The Morgan fingerprint density at radius 3 is 2.32 bits per heavy atom. The molecule has 0 aliphatic carbocycles. The third kappa shape index (κ3) is 6.91. The Kier molecular flexibility index (Phi) is 8.78. The molecule has 19 heavy (non-hydrogen) atoms. The fourth-order valence-corrected chi connectivity index (χ4v) is 1.60. The van der Waals surface area contributed by atoms with Gasteiger partial charge in [-0.2, -0.15) is 0 Å². The summed E-state index contributed by atoms with van der Waals surface area (Å²) >= 11 is 0. The van der Waals surface area contributed by atoms with Crippen LogP contribution in [-0.2, 0) is 14.4 Å². The molecule has 0 aromatic carbocycles. The van der Waals surface area contributed by atoms with Crippen LogP contribution in [0.15, 0.2) is 0 Å². The lowest BCUT2D eigenvalue weighted by Gasteiger charge is -2.16. The number of carboxylic acids is 1. The minimum Gasteiger partial charge on any atom is -0.480 e. The average Bonchev–Trinajstić information content (AvgIpc) is 2.37. The van der Waals surface area contributed by atoms with Gasteiger partial charge in [0.2, 0.25) is 5.91 Å². The fraction of sp³-hybridized carbons (Fsp3) is 0.769. The van der Waals surface area contributed by atoms with Gasteiger partial charge >= 0.3 is 5.97 Å². The number of carbonyl (C=O) groups excluding carboxylic acids is 2. The van der Waals surface area contributed by atoms with Crippen LogP contribution in [0.4, 0.5) is 0 Å². The van der Waals surface area contributed by atoms with Crippen molar-refractivity contribution in [3.8, 4) is 0 Å². The van der Waals surface area contributed by atoms with Gasteiger partial charge in [0, 0.05) is 19.4 Å². The Morgan fingerprint density at radius 2 is 1.84 bits per heavy atom. The quantitative estimate of drug-likeness (QED) is 0.402. The lowest BCUT2D eigenvalue weighted by Crippen LogP contribution is -2.45. The van der Waals surface area contributed by atoms with E-state index >= 15 is 0 Å². The second kappa shape index (κ2) is 9.49. The Morgan fingerprint density at radius 1 is 1.21 bits per heavy atom. The summed E-state index contributed by atoms with van der Waals surface area (Å²) in [4.78, 5) is 34.3. The van der Waals surface area contributed by atoms with E-state index in [2.05, 4.69) is 5.32 Å². The molecule has 0 spiro atoms. The summed E-state index contributed by atoms with van der Waals surface area (Å²) in [7, 11) is 0. The van der Waals surface area contributed by atoms with Gasteiger partial charge in [-0.15, -0.1) is 0 Å². The SMILES string of the molecule is CCCCCC(=O)C(C)C(=O)N[C@@H](CCO)C(=O)O. The van der Waals surface area contributed by atoms with Crippen molar-refractivity contribution < 1.29 is 24.6 Å². The van der Waals surface area contributed by atoms with Gasteiger partial charge in [0.05, 0.1) is 5.92 Å². The highest BCUT2D eigenvalue weighted by Crippen LogP contribution is 2.07. The van der Waals surface area contributed by atoms with Crippen molar-refractivity contribution in [2.45, 2.75) is 52.0 Å². The van der Waals surface area contributed by atoms with E-state index < -0.39 is 23.8 Å². The first kappa shape index (κ1) is 17.6. The lowest BCUT2D eigenvalue weighted by molar-refractivity contribution is -0.144. The van der Waals surface area contributed by atoms with Crippen LogP contribution in [0.5, 0.6) is 0 Å². The molecule has 0 aliphatic heterocycles. The first-order valence-corrected chi connectivity index (χ1v) is 6.60. The molecule has 0 rings (SSSR count). The third-order valence-electron chi connectivity index (χ3n) is 2.94. The number of rotatable bonds is 10. The molecule has 110 valence electrons. The Bertz CT molecular complexity index is 316. The van der Waals surface area contributed by atoms with Gasteiger partial charge in [0.1, 0.15) is 11.8 Å². The van der Waals surface area contributed by atoms with Crippen molar-refractivity contribution in [2.75, 3.05) is 6.61 Å². The van der Waals surface area contributed by atoms with Crippen LogP contribution in [0.2, 0.25) is 0 Å². The van der Waals surface area contributed by atoms with Crippen molar-refractivity contribution in [3.05, 3.63) is 0 Å². The largest absolute Gasteiger partial charge is 0.480 e. The van der Waals surface area contributed by atoms with Gasteiger partial charge in [0.15, 0.2) is 0 Å². The monoisotopic (exact) mass is 273 g/mol. The maximum atomic E-state index is 11.7. The van der Waals surface area contributed by atoms with Crippen molar-refractivity contribution >= 4 is 17.7 Å². The number of aliphatic hydroxyl groups excluding tert-OH is 1. The van der Waals surface area contributed by atoms with E-state index in [9.17, 15) is 14.4 Å². The molecular weight excluding hydrogens is 250 g/mol. The van der Waals surface area contributed by atoms with Crippen LogP contribution >= 0.6 is 0 Å². The molecule has 2 atom stereocenters. The lowest BCUT2D eigenvalue weighted by atomic mass is 9.99. The van der Waals surface area contributed by atoms with Crippen LogP contribution in [0.3, 0.4) is 0 Å². The summed E-state index contributed by atoms with van der Waals surface area (Å²) in [5.74, 6) is -2.84. The zero-order valence-electron chi connectivity index (χ0n) is 11.5. The molecule has 0 aliphatic rings. The average molecular weight is 273 g/mol. The van der Waals surface area contributed by atoms with E-state index in [1.807, 2.05) is 6.92 Å². The third-order valence-corrected chi connectivity index (χ3v) is 2.94. The zero-order chi connectivity index (χ0) is 14.8. The minimum atomic E-state index is -1.21. The highest BCUT2D eigenvalue weighted by Gasteiger charge is 2.25. The summed E-state index contributed by atoms with van der Waals surface area (Å²) in [5.41, 5.74) is 0. The molecule has 1 amide bonds. The molecule has 3 N–H and O–H groups in total. The summed E-state index contributed by atoms with van der Waals surface area (Å²) in [5, 5.41) is 19.8. The molecular formula is C13H23NO5. The molecule has 1 unspecified atom stereocenters. The topological polar surface area (TPSA) is 104 Å². The molecule has 0 saturated carbocycles. The molecule has 6 heteroatoms. The molecule has 0 fully saturated rings. The summed E-state index contributed by atoms with van der Waals surface area (Å²) in [6.45, 7) is 3.16. The maximum Gasteiger partial charge on any atom is 0.326 e. The van der Waals surface area contributed by atoms with Gasteiger partial charge < -0.3 is 15.5 Å². The predicted molar refractivity (Wildman–Crippen MR) is 69.6 cm³/mol. The van der Waals surface area contributed by atoms with Gasteiger partial charge in [-0.05, 0) is 13.3 Å². The summed E-state index contributed by atoms with van der Waals surface area (Å²) in [6.07, 6.45) is 2.93. The fourth-order valence-electron chi connectivity index (χ4n) is 1.60. The van der Waals surface area contributed by atoms with Gasteiger partial charge in [-0.3, -0.25) is 9.59 Å². The van der Waals surface area contributed by atoms with E-state index in [-0.39, 0.29) is 18.8 Å². The highest BCUT2D eigenvalue weighted by molar-refractivity contribution is 6.01. The number of aliphatic hydroxyl groups is 1. The predicted octanol–water partition coefficient (Wildman–Crippen LogP) is 0.724. The second-order valence-corrected chi connectivity index (χ2v) is 4.56. The number of carbonyl (C=O) groups is 3. The number of hydrogen-bond acceptors (Lipinski definition) is 4. The van der Waals surface area contributed by atoms with Gasteiger partial charge in [-0.25, -0.2) is 4.79 Å². The Labute approximate surface area is 113 Å². The van der Waals surface area contributed by atoms with Crippen LogP contribution in [0, 0.1) is 5.92 Å². The van der Waals surface area contributed by atoms with Gasteiger partial charge in [-0.1, -0.05) is 19.8 Å². The van der Waals surface area contributed by atoms with E-state index in [4.69, 9.17) is 10.2 Å². The second-order valence-electron chi connectivity index (χ2n) is 4.56. The molecule has 6 nitrogen and oxygen atoms in total. The van der Waals surface area contributed by atoms with Crippen molar-refractivity contribution in [1.82, 2.24) is 5.32 Å². The summed E-state index contributed by atoms with van der Waals surface area (Å²) < 4.78 is 0. The zero-order valence-corrected chi connectivity index (χ0v) is 11.5. The smallest absolute Gasteiger partial charge is 0.326 e. The minimum absolute atomic E-state index is 0.0716. The molecule has 0 aromatic heterocycles. The standard InChI is InChI=1S/C13H23NO5/c1-3-4-5-6-11(16)9(2)12(17)14-10(7-8-15)13(18)19/h9-10,15H,3-8H2,1-2H3,(H,14,17)(H,18,19)/t9?,10-/m0/s1. The van der Waals surface area contributed by atoms with E-state index in [1.54, 1.807) is 0 Å². The van der Waals surface area contributed by atoms with Gasteiger partial charge in [0.25, 0.3) is 0 Å². The number of Topliss-reactive ketones (excluding diaryl/α,β-unsaturated/α-hetero) is 1. The number of carboxylic acid groups (broad SMARTS) is 1. The molecule has 0 bridgehead atoms. The highest BCUT2D eigenvalue weighted by atomic mass is 16.4. The van der Waals surface area contributed by atoms with Crippen molar-refractivity contribution in [2.24, 2.45) is 5.92 Å². The van der Waals surface area contributed by atoms with Crippen LogP contribution in [0.1, 0.15) is 46.0 Å². The Balaban J connectivity index is 4.30. The first-order chi connectivity index (χ1) is 8.93. The number of unbranched alkanes of at least 4 members (excludes halogenated alkanes) is 2. The molecule has 0 aromatic rings. The molecule has 0 heterocycles. The maximum absolute atomic E-state index is 11.7. The normalized spacial score (nSPS) is 13.6. The van der Waals surface area contributed by atoms with Crippen LogP contribution < -0.4 is 5.32 Å². The number of hydrogen-bond donors (Lipinski definition) is 3. The summed E-state index contributed by atoms with van der Waals surface area (Å²) in [6, 6.07) is -1.15. The number of ketones is 1. The molecule has 0 radical (unpaired) electrons. The number of nitrogens with one attached hydrogen (secondary N) is 1.